The average molecular weight is 316 g/mol. The molecule has 2 aromatic carbocycles. The summed E-state index contributed by atoms with van der Waals surface area (Å²) >= 11 is 15.6. The van der Waals surface area contributed by atoms with Crippen molar-refractivity contribution in [2.75, 3.05) is 0 Å². The second-order valence-electron chi connectivity index (χ2n) is 3.47. The minimum Gasteiger partial charge on any atom is -0.0843 e. The van der Waals surface area contributed by atoms with Crippen LogP contribution in [0.5, 0.6) is 0 Å². The minimum absolute atomic E-state index is 0.116. The predicted octanol–water partition coefficient (Wildman–Crippen LogP) is 5.48. The van der Waals surface area contributed by atoms with E-state index in [1.165, 1.54) is 0 Å². The lowest BCUT2D eigenvalue weighted by molar-refractivity contribution is 1.18. The summed E-state index contributed by atoms with van der Waals surface area (Å²) in [5.74, 6) is 0. The maximum absolute atomic E-state index is 5.96. The third-order valence-corrected chi connectivity index (χ3v) is 3.81. The van der Waals surface area contributed by atoms with Gasteiger partial charge in [0.2, 0.25) is 0 Å². The summed E-state index contributed by atoms with van der Waals surface area (Å²) in [6.07, 6.45) is 0. The van der Waals surface area contributed by atoms with Gasteiger partial charge in [-0.2, -0.15) is 0 Å². The highest BCUT2D eigenvalue weighted by molar-refractivity contribution is 9.09. The molecule has 0 unspecified atom stereocenters. The van der Waals surface area contributed by atoms with E-state index in [0.717, 1.165) is 21.2 Å². The highest BCUT2D eigenvalue weighted by atomic mass is 79.9. The highest BCUT2D eigenvalue weighted by Crippen LogP contribution is 2.32. The number of alkyl halides is 1. The maximum Gasteiger partial charge on any atom is 0.0645 e. The van der Waals surface area contributed by atoms with Crippen molar-refractivity contribution < 1.29 is 0 Å². The van der Waals surface area contributed by atoms with Crippen LogP contribution < -0.4 is 0 Å². The fourth-order valence-corrected chi connectivity index (χ4v) is 2.49. The Labute approximate surface area is 113 Å². The monoisotopic (exact) mass is 314 g/mol. The van der Waals surface area contributed by atoms with Crippen LogP contribution in [0.1, 0.15) is 16.0 Å². The molecule has 16 heavy (non-hydrogen) atoms. The molecule has 0 saturated carbocycles. The van der Waals surface area contributed by atoms with Crippen molar-refractivity contribution in [3.8, 4) is 0 Å². The van der Waals surface area contributed by atoms with Crippen LogP contribution in [0.3, 0.4) is 0 Å². The van der Waals surface area contributed by atoms with E-state index in [0.29, 0.717) is 0 Å². The van der Waals surface area contributed by atoms with E-state index in [2.05, 4.69) is 15.9 Å². The Morgan fingerprint density at radius 3 is 1.62 bits per heavy atom. The van der Waals surface area contributed by atoms with Gasteiger partial charge in [-0.25, -0.2) is 0 Å². The second-order valence-corrected chi connectivity index (χ2v) is 5.26. The summed E-state index contributed by atoms with van der Waals surface area (Å²) < 4.78 is 0. The van der Waals surface area contributed by atoms with Crippen molar-refractivity contribution in [3.05, 3.63) is 69.7 Å². The van der Waals surface area contributed by atoms with Crippen molar-refractivity contribution >= 4 is 39.1 Å². The zero-order chi connectivity index (χ0) is 11.5. The molecule has 0 aliphatic heterocycles. The van der Waals surface area contributed by atoms with Gasteiger partial charge in [-0.3, -0.25) is 0 Å². The van der Waals surface area contributed by atoms with Gasteiger partial charge < -0.3 is 0 Å². The van der Waals surface area contributed by atoms with Crippen LogP contribution in [0.4, 0.5) is 0 Å². The van der Waals surface area contributed by atoms with Crippen LogP contribution in [0, 0.1) is 0 Å². The number of benzene rings is 2. The van der Waals surface area contributed by atoms with Crippen LogP contribution in [-0.2, 0) is 0 Å². The Hall–Kier alpha value is -0.500. The molecule has 0 aliphatic rings. The van der Waals surface area contributed by atoms with Gasteiger partial charge in [-0.1, -0.05) is 63.4 Å². The Morgan fingerprint density at radius 2 is 1.25 bits per heavy atom. The van der Waals surface area contributed by atoms with Crippen LogP contribution in [0.2, 0.25) is 10.0 Å². The van der Waals surface area contributed by atoms with Gasteiger partial charge in [-0.15, -0.1) is 0 Å². The van der Waals surface area contributed by atoms with E-state index in [1.807, 2.05) is 48.5 Å². The van der Waals surface area contributed by atoms with Crippen LogP contribution in [0.25, 0.3) is 0 Å². The van der Waals surface area contributed by atoms with E-state index in [-0.39, 0.29) is 4.83 Å². The molecule has 0 nitrogen and oxygen atoms in total. The zero-order valence-corrected chi connectivity index (χ0v) is 11.4. The van der Waals surface area contributed by atoms with Gasteiger partial charge in [0, 0.05) is 10.0 Å². The molecule has 82 valence electrons. The smallest absolute Gasteiger partial charge is 0.0645 e. The number of halogens is 3. The summed E-state index contributed by atoms with van der Waals surface area (Å²) in [6.45, 7) is 0. The van der Waals surface area contributed by atoms with E-state index in [9.17, 15) is 0 Å². The molecule has 3 heteroatoms. The molecule has 0 atom stereocenters. The van der Waals surface area contributed by atoms with Gasteiger partial charge >= 0.3 is 0 Å². The Bertz CT molecular complexity index is 451. The Balaban J connectivity index is 2.35. The first-order valence-electron chi connectivity index (χ1n) is 4.82. The van der Waals surface area contributed by atoms with Crippen molar-refractivity contribution in [1.82, 2.24) is 0 Å². The van der Waals surface area contributed by atoms with Gasteiger partial charge in [0.15, 0.2) is 0 Å². The molecular formula is C13H9BrCl2. The Kier molecular flexibility index (Phi) is 3.91. The molecule has 2 rings (SSSR count). The van der Waals surface area contributed by atoms with Gasteiger partial charge in [0.05, 0.1) is 4.83 Å². The normalized spacial score (nSPS) is 10.8. The molecule has 0 N–H and O–H groups in total. The first-order chi connectivity index (χ1) is 7.66. The molecule has 0 fully saturated rings. The molecule has 0 heterocycles. The van der Waals surface area contributed by atoms with Crippen molar-refractivity contribution in [3.63, 3.8) is 0 Å². The molecule has 0 aliphatic carbocycles. The largest absolute Gasteiger partial charge is 0.0843 e. The zero-order valence-electron chi connectivity index (χ0n) is 8.33. The van der Waals surface area contributed by atoms with E-state index < -0.39 is 0 Å². The standard InChI is InChI=1S/C13H9BrCl2/c14-13(9-3-1-5-11(15)7-9)10-4-2-6-12(16)8-10/h1-8,13H. The molecule has 0 saturated heterocycles. The molecule has 0 amide bonds. The van der Waals surface area contributed by atoms with Crippen LogP contribution in [-0.4, -0.2) is 0 Å². The maximum atomic E-state index is 5.96. The van der Waals surface area contributed by atoms with Crippen LogP contribution in [0.15, 0.2) is 48.5 Å². The quantitative estimate of drug-likeness (QED) is 0.644. The third-order valence-electron chi connectivity index (χ3n) is 2.28. The summed E-state index contributed by atoms with van der Waals surface area (Å²) in [4.78, 5) is 0.116. The lowest BCUT2D eigenvalue weighted by Crippen LogP contribution is -1.92. The Morgan fingerprint density at radius 1 is 0.812 bits per heavy atom. The summed E-state index contributed by atoms with van der Waals surface area (Å²) in [5.41, 5.74) is 2.24. The summed E-state index contributed by atoms with van der Waals surface area (Å²) in [5, 5.41) is 1.48. The van der Waals surface area contributed by atoms with E-state index in [4.69, 9.17) is 23.2 Å². The van der Waals surface area contributed by atoms with Crippen molar-refractivity contribution in [1.29, 1.82) is 0 Å². The molecule has 0 spiro atoms. The molecule has 2 aromatic rings. The average Bonchev–Trinajstić information content (AvgIpc) is 2.28. The second kappa shape index (κ2) is 5.22. The third kappa shape index (κ3) is 2.79. The van der Waals surface area contributed by atoms with E-state index >= 15 is 0 Å². The van der Waals surface area contributed by atoms with Gasteiger partial charge in [-0.05, 0) is 35.4 Å². The summed E-state index contributed by atoms with van der Waals surface area (Å²) in [7, 11) is 0. The van der Waals surface area contributed by atoms with Crippen molar-refractivity contribution in [2.45, 2.75) is 4.83 Å². The predicted molar refractivity (Wildman–Crippen MR) is 73.7 cm³/mol. The lowest BCUT2D eigenvalue weighted by Gasteiger charge is -2.11. The van der Waals surface area contributed by atoms with Crippen molar-refractivity contribution in [2.24, 2.45) is 0 Å². The number of hydrogen-bond acceptors (Lipinski definition) is 0. The van der Waals surface area contributed by atoms with E-state index in [1.54, 1.807) is 0 Å². The molecule has 0 aromatic heterocycles. The summed E-state index contributed by atoms with van der Waals surface area (Å²) in [6, 6.07) is 15.6. The fourth-order valence-electron chi connectivity index (χ4n) is 1.52. The first-order valence-corrected chi connectivity index (χ1v) is 6.49. The lowest BCUT2D eigenvalue weighted by atomic mass is 10.1. The van der Waals surface area contributed by atoms with Gasteiger partial charge in [0.1, 0.15) is 0 Å². The number of rotatable bonds is 2. The molecule has 0 bridgehead atoms. The highest BCUT2D eigenvalue weighted by Gasteiger charge is 2.10. The van der Waals surface area contributed by atoms with Gasteiger partial charge in [0.25, 0.3) is 0 Å². The van der Waals surface area contributed by atoms with Crippen LogP contribution >= 0.6 is 39.1 Å². The first kappa shape index (κ1) is 12.0. The molecular weight excluding hydrogens is 307 g/mol. The fraction of sp³-hybridized carbons (Fsp3) is 0.0769. The number of hydrogen-bond donors (Lipinski definition) is 0. The molecule has 0 radical (unpaired) electrons. The SMILES string of the molecule is Clc1cccc(C(Br)c2cccc(Cl)c2)c1. The topological polar surface area (TPSA) is 0 Å². The minimum atomic E-state index is 0.116.